The molecule has 164 valence electrons. The molecule has 1 N–H and O–H groups in total. The van der Waals surface area contributed by atoms with Gasteiger partial charge in [-0.3, -0.25) is 9.69 Å². The summed E-state index contributed by atoms with van der Waals surface area (Å²) in [6.45, 7) is 7.83. The highest BCUT2D eigenvalue weighted by molar-refractivity contribution is 6.30. The van der Waals surface area contributed by atoms with Gasteiger partial charge in [0.05, 0.1) is 0 Å². The Balaban J connectivity index is 1.46. The van der Waals surface area contributed by atoms with Crippen molar-refractivity contribution in [1.29, 1.82) is 0 Å². The van der Waals surface area contributed by atoms with Crippen LogP contribution < -0.4 is 5.32 Å². The van der Waals surface area contributed by atoms with Crippen molar-refractivity contribution >= 4 is 28.4 Å². The van der Waals surface area contributed by atoms with E-state index in [4.69, 9.17) is 11.6 Å². The zero-order valence-corrected chi connectivity index (χ0v) is 19.2. The Morgan fingerprint density at radius 1 is 1.10 bits per heavy atom. The Kier molecular flexibility index (Phi) is 6.99. The van der Waals surface area contributed by atoms with E-state index in [-0.39, 0.29) is 17.9 Å². The fourth-order valence-corrected chi connectivity index (χ4v) is 4.53. The summed E-state index contributed by atoms with van der Waals surface area (Å²) < 4.78 is 2.42. The molecule has 4 nitrogen and oxygen atoms in total. The Bertz CT molecular complexity index is 1020. The van der Waals surface area contributed by atoms with E-state index in [1.54, 1.807) is 0 Å². The minimum Gasteiger partial charge on any atom is -0.353 e. The maximum absolute atomic E-state index is 12.5. The number of piperidine rings is 1. The number of hydrogen-bond acceptors (Lipinski definition) is 2. The first-order valence-corrected chi connectivity index (χ1v) is 11.8. The number of carbonyl (C=O) groups excluding carboxylic acids is 1. The molecule has 1 aliphatic heterocycles. The number of benzene rings is 2. The summed E-state index contributed by atoms with van der Waals surface area (Å²) in [5, 5.41) is 5.19. The molecule has 0 saturated carbocycles. The third-order valence-corrected chi connectivity index (χ3v) is 6.75. The standard InChI is InChI=1S/C26H32ClN3O/c1-3-19(2)28-26(31)21-12-14-29(15-13-21)18-24-16-22-6-4-5-7-25(22)30(24)17-20-8-10-23(27)11-9-20/h4-11,16,19,21H,3,12-15,17-18H2,1-2H3,(H,28,31). The highest BCUT2D eigenvalue weighted by Gasteiger charge is 2.26. The normalized spacial score (nSPS) is 16.5. The molecular formula is C26H32ClN3O. The molecule has 0 bridgehead atoms. The van der Waals surface area contributed by atoms with Crippen molar-refractivity contribution in [3.63, 3.8) is 0 Å². The van der Waals surface area contributed by atoms with Crippen molar-refractivity contribution in [2.75, 3.05) is 13.1 Å². The number of para-hydroxylation sites is 1. The first-order chi connectivity index (χ1) is 15.0. The number of nitrogens with one attached hydrogen (secondary N) is 1. The second-order valence-corrected chi connectivity index (χ2v) is 9.21. The lowest BCUT2D eigenvalue weighted by molar-refractivity contribution is -0.127. The Hall–Kier alpha value is -2.30. The Morgan fingerprint density at radius 3 is 2.52 bits per heavy atom. The lowest BCUT2D eigenvalue weighted by Gasteiger charge is -2.32. The molecule has 1 aromatic heterocycles. The minimum absolute atomic E-state index is 0.144. The maximum atomic E-state index is 12.5. The van der Waals surface area contributed by atoms with E-state index in [0.29, 0.717) is 0 Å². The predicted octanol–water partition coefficient (Wildman–Crippen LogP) is 5.47. The second-order valence-electron chi connectivity index (χ2n) is 8.78. The Labute approximate surface area is 190 Å². The van der Waals surface area contributed by atoms with Crippen molar-refractivity contribution < 1.29 is 4.79 Å². The molecular weight excluding hydrogens is 406 g/mol. The minimum atomic E-state index is 0.144. The summed E-state index contributed by atoms with van der Waals surface area (Å²) in [5.41, 5.74) is 3.82. The zero-order valence-electron chi connectivity index (χ0n) is 18.5. The molecule has 1 fully saturated rings. The number of likely N-dealkylation sites (tertiary alicyclic amines) is 1. The van der Waals surface area contributed by atoms with Gasteiger partial charge in [0.15, 0.2) is 0 Å². The van der Waals surface area contributed by atoms with Gasteiger partial charge in [0.25, 0.3) is 0 Å². The largest absolute Gasteiger partial charge is 0.353 e. The number of rotatable bonds is 7. The number of carbonyl (C=O) groups is 1. The van der Waals surface area contributed by atoms with Crippen LogP contribution in [-0.4, -0.2) is 34.5 Å². The summed E-state index contributed by atoms with van der Waals surface area (Å²) in [6.07, 6.45) is 2.84. The van der Waals surface area contributed by atoms with E-state index >= 15 is 0 Å². The quantitative estimate of drug-likeness (QED) is 0.532. The van der Waals surface area contributed by atoms with Gasteiger partial charge in [-0.1, -0.05) is 48.9 Å². The van der Waals surface area contributed by atoms with Gasteiger partial charge in [0, 0.05) is 41.3 Å². The number of aromatic nitrogens is 1. The third kappa shape index (κ3) is 5.31. The molecule has 0 spiro atoms. The molecule has 2 heterocycles. The molecule has 1 amide bonds. The van der Waals surface area contributed by atoms with Gasteiger partial charge < -0.3 is 9.88 Å². The first-order valence-electron chi connectivity index (χ1n) is 11.4. The summed E-state index contributed by atoms with van der Waals surface area (Å²) in [7, 11) is 0. The average Bonchev–Trinajstić information content (AvgIpc) is 3.12. The molecule has 1 saturated heterocycles. The van der Waals surface area contributed by atoms with Crippen LogP contribution in [0.4, 0.5) is 0 Å². The van der Waals surface area contributed by atoms with Crippen molar-refractivity contribution in [2.45, 2.75) is 52.2 Å². The molecule has 3 aromatic rings. The van der Waals surface area contributed by atoms with Gasteiger partial charge >= 0.3 is 0 Å². The van der Waals surface area contributed by atoms with E-state index in [0.717, 1.165) is 50.5 Å². The lowest BCUT2D eigenvalue weighted by Crippen LogP contribution is -2.42. The second kappa shape index (κ2) is 9.88. The zero-order chi connectivity index (χ0) is 21.8. The molecule has 5 heteroatoms. The summed E-state index contributed by atoms with van der Waals surface area (Å²) in [6, 6.07) is 19.3. The van der Waals surface area contributed by atoms with Crippen LogP contribution >= 0.6 is 11.6 Å². The maximum Gasteiger partial charge on any atom is 0.223 e. The van der Waals surface area contributed by atoms with Crippen LogP contribution in [0.5, 0.6) is 0 Å². The fourth-order valence-electron chi connectivity index (χ4n) is 4.40. The number of nitrogens with zero attached hydrogens (tertiary/aromatic N) is 2. The molecule has 31 heavy (non-hydrogen) atoms. The van der Waals surface area contributed by atoms with Crippen molar-refractivity contribution in [2.24, 2.45) is 5.92 Å². The predicted molar refractivity (Wildman–Crippen MR) is 128 cm³/mol. The highest BCUT2D eigenvalue weighted by atomic mass is 35.5. The van der Waals surface area contributed by atoms with E-state index in [1.165, 1.54) is 22.2 Å². The molecule has 2 aromatic carbocycles. The SMILES string of the molecule is CCC(C)NC(=O)C1CCN(Cc2cc3ccccc3n2Cc2ccc(Cl)cc2)CC1. The van der Waals surface area contributed by atoms with Crippen molar-refractivity contribution in [3.8, 4) is 0 Å². The van der Waals surface area contributed by atoms with E-state index in [1.807, 2.05) is 12.1 Å². The van der Waals surface area contributed by atoms with Gasteiger partial charge in [0.1, 0.15) is 0 Å². The van der Waals surface area contributed by atoms with Gasteiger partial charge in [-0.25, -0.2) is 0 Å². The highest BCUT2D eigenvalue weighted by Crippen LogP contribution is 2.25. The summed E-state index contributed by atoms with van der Waals surface area (Å²) in [4.78, 5) is 15.0. The fraction of sp³-hybridized carbons (Fsp3) is 0.423. The van der Waals surface area contributed by atoms with Crippen LogP contribution in [0, 0.1) is 5.92 Å². The molecule has 1 atom stereocenters. The van der Waals surface area contributed by atoms with Crippen molar-refractivity contribution in [1.82, 2.24) is 14.8 Å². The van der Waals surface area contributed by atoms with Crippen LogP contribution in [0.1, 0.15) is 44.4 Å². The third-order valence-electron chi connectivity index (χ3n) is 6.50. The van der Waals surface area contributed by atoms with Crippen LogP contribution in [0.25, 0.3) is 10.9 Å². The van der Waals surface area contributed by atoms with Crippen LogP contribution in [0.15, 0.2) is 54.6 Å². The number of halogens is 1. The summed E-state index contributed by atoms with van der Waals surface area (Å²) >= 11 is 6.08. The van der Waals surface area contributed by atoms with E-state index in [2.05, 4.69) is 71.1 Å². The molecule has 0 aliphatic carbocycles. The van der Waals surface area contributed by atoms with Gasteiger partial charge in [-0.15, -0.1) is 0 Å². The van der Waals surface area contributed by atoms with Crippen LogP contribution in [0.3, 0.4) is 0 Å². The van der Waals surface area contributed by atoms with Gasteiger partial charge in [-0.05, 0) is 74.5 Å². The van der Waals surface area contributed by atoms with E-state index in [9.17, 15) is 4.79 Å². The molecule has 0 radical (unpaired) electrons. The monoisotopic (exact) mass is 437 g/mol. The van der Waals surface area contributed by atoms with Crippen molar-refractivity contribution in [3.05, 3.63) is 70.9 Å². The van der Waals surface area contributed by atoms with Gasteiger partial charge in [-0.2, -0.15) is 0 Å². The first kappa shape index (κ1) is 21.9. The average molecular weight is 438 g/mol. The summed E-state index contributed by atoms with van der Waals surface area (Å²) in [5.74, 6) is 0.371. The smallest absolute Gasteiger partial charge is 0.223 e. The van der Waals surface area contributed by atoms with Crippen LogP contribution in [0.2, 0.25) is 5.02 Å². The topological polar surface area (TPSA) is 37.3 Å². The molecule has 4 rings (SSSR count). The Morgan fingerprint density at radius 2 is 1.81 bits per heavy atom. The molecule has 1 aliphatic rings. The number of amides is 1. The van der Waals surface area contributed by atoms with E-state index < -0.39 is 0 Å². The number of fused-ring (bicyclic) bond motifs is 1. The molecule has 1 unspecified atom stereocenters. The lowest BCUT2D eigenvalue weighted by atomic mass is 9.95. The van der Waals surface area contributed by atoms with Crippen LogP contribution in [-0.2, 0) is 17.9 Å². The van der Waals surface area contributed by atoms with Gasteiger partial charge in [0.2, 0.25) is 5.91 Å². The number of hydrogen-bond donors (Lipinski definition) is 1.